The molecule has 2 aliphatic rings. The molecule has 1 unspecified atom stereocenters. The van der Waals surface area contributed by atoms with Crippen LogP contribution >= 0.6 is 0 Å². The van der Waals surface area contributed by atoms with Gasteiger partial charge < -0.3 is 10.6 Å². The van der Waals surface area contributed by atoms with Crippen molar-refractivity contribution in [3.05, 3.63) is 17.5 Å². The highest BCUT2D eigenvalue weighted by Gasteiger charge is 2.20. The fourth-order valence-electron chi connectivity index (χ4n) is 2.98. The smallest absolute Gasteiger partial charge is 0.225 e. The zero-order valence-electron chi connectivity index (χ0n) is 10.9. The molecule has 0 aromatic carbocycles. The lowest BCUT2D eigenvalue weighted by Gasteiger charge is -2.27. The molecule has 18 heavy (non-hydrogen) atoms. The van der Waals surface area contributed by atoms with Crippen LogP contribution in [-0.4, -0.2) is 23.1 Å². The van der Waals surface area contributed by atoms with Crippen LogP contribution in [0.1, 0.15) is 55.8 Å². The lowest BCUT2D eigenvalue weighted by molar-refractivity contribution is 0.566. The molecule has 0 spiro atoms. The van der Waals surface area contributed by atoms with Crippen molar-refractivity contribution in [2.24, 2.45) is 5.73 Å². The van der Waals surface area contributed by atoms with Gasteiger partial charge in [0.15, 0.2) is 0 Å². The van der Waals surface area contributed by atoms with Gasteiger partial charge in [-0.05, 0) is 38.5 Å². The van der Waals surface area contributed by atoms with Crippen molar-refractivity contribution < 1.29 is 0 Å². The predicted octanol–water partition coefficient (Wildman–Crippen LogP) is 2.19. The number of fused-ring (bicyclic) bond motifs is 1. The van der Waals surface area contributed by atoms with Crippen LogP contribution in [0, 0.1) is 0 Å². The Kier molecular flexibility index (Phi) is 3.46. The summed E-state index contributed by atoms with van der Waals surface area (Å²) < 4.78 is 0. The third-order valence-electron chi connectivity index (χ3n) is 4.10. The van der Waals surface area contributed by atoms with E-state index in [1.165, 1.54) is 43.4 Å². The first-order valence-electron chi connectivity index (χ1n) is 7.21. The molecule has 98 valence electrons. The molecule has 0 amide bonds. The van der Waals surface area contributed by atoms with Crippen LogP contribution in [0.25, 0.3) is 0 Å². The minimum absolute atomic E-state index is 0.137. The summed E-state index contributed by atoms with van der Waals surface area (Å²) in [6.07, 6.45) is 10.4. The van der Waals surface area contributed by atoms with E-state index >= 15 is 0 Å². The first-order valence-corrected chi connectivity index (χ1v) is 7.21. The number of piperidine rings is 1. The topological polar surface area (TPSA) is 55.0 Å². The van der Waals surface area contributed by atoms with Gasteiger partial charge in [0.1, 0.15) is 0 Å². The van der Waals surface area contributed by atoms with E-state index in [9.17, 15) is 0 Å². The van der Waals surface area contributed by atoms with E-state index in [0.29, 0.717) is 0 Å². The molecule has 1 saturated heterocycles. The average molecular weight is 246 g/mol. The predicted molar refractivity (Wildman–Crippen MR) is 72.6 cm³/mol. The number of anilines is 1. The highest BCUT2D eigenvalue weighted by Crippen LogP contribution is 2.27. The minimum Gasteiger partial charge on any atom is -0.341 e. The molecule has 2 heterocycles. The van der Waals surface area contributed by atoms with Crippen molar-refractivity contribution in [1.82, 2.24) is 9.97 Å². The van der Waals surface area contributed by atoms with Gasteiger partial charge in [0.05, 0.1) is 5.69 Å². The van der Waals surface area contributed by atoms with E-state index < -0.39 is 0 Å². The highest BCUT2D eigenvalue weighted by molar-refractivity contribution is 5.35. The SMILES string of the molecule is NC1CCCCc2nc(N3CCCCC3)ncc21. The molecule has 3 rings (SSSR count). The van der Waals surface area contributed by atoms with Gasteiger partial charge in [0, 0.05) is 30.9 Å². The summed E-state index contributed by atoms with van der Waals surface area (Å²) in [5.41, 5.74) is 8.55. The Labute approximate surface area is 109 Å². The number of nitrogens with two attached hydrogens (primary N) is 1. The Morgan fingerprint density at radius 3 is 2.78 bits per heavy atom. The molecule has 1 aromatic rings. The number of aromatic nitrogens is 2. The summed E-state index contributed by atoms with van der Waals surface area (Å²) >= 11 is 0. The molecule has 1 aliphatic carbocycles. The Morgan fingerprint density at radius 2 is 1.94 bits per heavy atom. The summed E-state index contributed by atoms with van der Waals surface area (Å²) in [6.45, 7) is 2.20. The summed E-state index contributed by atoms with van der Waals surface area (Å²) in [7, 11) is 0. The largest absolute Gasteiger partial charge is 0.341 e. The van der Waals surface area contributed by atoms with Crippen LogP contribution in [0.15, 0.2) is 6.20 Å². The number of rotatable bonds is 1. The highest BCUT2D eigenvalue weighted by atomic mass is 15.2. The third kappa shape index (κ3) is 2.34. The Hall–Kier alpha value is -1.16. The van der Waals surface area contributed by atoms with E-state index in [2.05, 4.69) is 9.88 Å². The van der Waals surface area contributed by atoms with Crippen molar-refractivity contribution in [3.63, 3.8) is 0 Å². The van der Waals surface area contributed by atoms with Gasteiger partial charge in [-0.15, -0.1) is 0 Å². The van der Waals surface area contributed by atoms with E-state index in [1.807, 2.05) is 6.20 Å². The quantitative estimate of drug-likeness (QED) is 0.772. The number of aryl methyl sites for hydroxylation is 1. The molecule has 1 aliphatic heterocycles. The molecule has 4 nitrogen and oxygen atoms in total. The van der Waals surface area contributed by atoms with Crippen molar-refractivity contribution in [2.45, 2.75) is 51.0 Å². The molecule has 1 aromatic heterocycles. The Bertz CT molecular complexity index is 412. The van der Waals surface area contributed by atoms with E-state index in [4.69, 9.17) is 10.7 Å². The van der Waals surface area contributed by atoms with Crippen LogP contribution < -0.4 is 10.6 Å². The van der Waals surface area contributed by atoms with Gasteiger partial charge in [-0.25, -0.2) is 9.97 Å². The maximum atomic E-state index is 6.18. The van der Waals surface area contributed by atoms with Crippen molar-refractivity contribution in [2.75, 3.05) is 18.0 Å². The minimum atomic E-state index is 0.137. The summed E-state index contributed by atoms with van der Waals surface area (Å²) in [6, 6.07) is 0.137. The van der Waals surface area contributed by atoms with E-state index in [1.54, 1.807) is 0 Å². The Balaban J connectivity index is 1.87. The van der Waals surface area contributed by atoms with Gasteiger partial charge in [-0.1, -0.05) is 6.42 Å². The van der Waals surface area contributed by atoms with Gasteiger partial charge >= 0.3 is 0 Å². The molecule has 4 heteroatoms. The first kappa shape index (κ1) is 11.9. The molecule has 0 saturated carbocycles. The zero-order valence-corrected chi connectivity index (χ0v) is 10.9. The fourth-order valence-corrected chi connectivity index (χ4v) is 2.98. The molecule has 0 radical (unpaired) electrons. The van der Waals surface area contributed by atoms with Crippen molar-refractivity contribution in [3.8, 4) is 0 Å². The monoisotopic (exact) mass is 246 g/mol. The van der Waals surface area contributed by atoms with Gasteiger partial charge in [-0.2, -0.15) is 0 Å². The second kappa shape index (κ2) is 5.22. The van der Waals surface area contributed by atoms with E-state index in [0.717, 1.165) is 31.9 Å². The van der Waals surface area contributed by atoms with Crippen LogP contribution in [0.4, 0.5) is 5.95 Å². The zero-order chi connectivity index (χ0) is 12.4. The molecule has 1 fully saturated rings. The average Bonchev–Trinajstić information content (AvgIpc) is 2.61. The summed E-state index contributed by atoms with van der Waals surface area (Å²) in [5, 5.41) is 0. The standard InChI is InChI=1S/C14H22N4/c15-12-6-2-3-7-13-11(12)10-16-14(17-13)18-8-4-1-5-9-18/h10,12H,1-9,15H2. The first-order chi connectivity index (χ1) is 8.84. The lowest BCUT2D eigenvalue weighted by Crippen LogP contribution is -2.31. The third-order valence-corrected chi connectivity index (χ3v) is 4.10. The second-order valence-corrected chi connectivity index (χ2v) is 5.47. The van der Waals surface area contributed by atoms with Crippen molar-refractivity contribution >= 4 is 5.95 Å². The maximum Gasteiger partial charge on any atom is 0.225 e. The molecule has 0 bridgehead atoms. The summed E-state index contributed by atoms with van der Waals surface area (Å²) in [4.78, 5) is 11.6. The molecule has 1 atom stereocenters. The van der Waals surface area contributed by atoms with Crippen molar-refractivity contribution in [1.29, 1.82) is 0 Å². The normalized spacial score (nSPS) is 24.5. The van der Waals surface area contributed by atoms with Gasteiger partial charge in [-0.3, -0.25) is 0 Å². The second-order valence-electron chi connectivity index (χ2n) is 5.47. The number of hydrogen-bond acceptors (Lipinski definition) is 4. The molecule has 2 N–H and O–H groups in total. The van der Waals surface area contributed by atoms with Crippen LogP contribution in [0.2, 0.25) is 0 Å². The van der Waals surface area contributed by atoms with Gasteiger partial charge in [0.25, 0.3) is 0 Å². The van der Waals surface area contributed by atoms with E-state index in [-0.39, 0.29) is 6.04 Å². The van der Waals surface area contributed by atoms with Crippen LogP contribution in [0.5, 0.6) is 0 Å². The number of nitrogens with zero attached hydrogens (tertiary/aromatic N) is 3. The maximum absolute atomic E-state index is 6.18. The number of hydrogen-bond donors (Lipinski definition) is 1. The van der Waals surface area contributed by atoms with Crippen LogP contribution in [-0.2, 0) is 6.42 Å². The van der Waals surface area contributed by atoms with Gasteiger partial charge in [0.2, 0.25) is 5.95 Å². The summed E-state index contributed by atoms with van der Waals surface area (Å²) in [5.74, 6) is 0.919. The lowest BCUT2D eigenvalue weighted by atomic mass is 10.1. The molecular formula is C14H22N4. The van der Waals surface area contributed by atoms with Crippen LogP contribution in [0.3, 0.4) is 0 Å². The Morgan fingerprint density at radius 1 is 1.11 bits per heavy atom. The fraction of sp³-hybridized carbons (Fsp3) is 0.714. The molecular weight excluding hydrogens is 224 g/mol.